The van der Waals surface area contributed by atoms with Gasteiger partial charge in [-0.3, -0.25) is 0 Å². The molecule has 0 aliphatic carbocycles. The summed E-state index contributed by atoms with van der Waals surface area (Å²) < 4.78 is 0.788. The van der Waals surface area contributed by atoms with Crippen LogP contribution in [0, 0.1) is 0 Å². The summed E-state index contributed by atoms with van der Waals surface area (Å²) in [5.41, 5.74) is 0. The molecule has 20 heavy (non-hydrogen) atoms. The number of unbranched alkanes of at least 4 members (excludes halogenated alkanes) is 9. The Bertz CT molecular complexity index is 211. The predicted octanol–water partition coefficient (Wildman–Crippen LogP) is 4.93. The summed E-state index contributed by atoms with van der Waals surface area (Å²) in [5, 5.41) is 9.51. The normalized spacial score (nSPS) is 16.1. The molecule has 0 amide bonds. The van der Waals surface area contributed by atoms with Gasteiger partial charge in [-0.05, 0) is 19.8 Å². The van der Waals surface area contributed by atoms with Crippen LogP contribution in [0.1, 0.15) is 78.1 Å². The van der Waals surface area contributed by atoms with Gasteiger partial charge < -0.3 is 9.59 Å². The van der Waals surface area contributed by atoms with Crippen molar-refractivity contribution in [3.05, 3.63) is 0 Å². The maximum Gasteiger partial charge on any atom is 0.154 e. The fourth-order valence-corrected chi connectivity index (χ4v) is 3.04. The fraction of sp³-hybridized carbons (Fsp3) is 1.00. The predicted molar refractivity (Wildman–Crippen MR) is 90.2 cm³/mol. The lowest BCUT2D eigenvalue weighted by atomic mass is 10.1. The monoisotopic (exact) mass is 306 g/mol. The third kappa shape index (κ3) is 12.0. The van der Waals surface area contributed by atoms with Gasteiger partial charge in [0, 0.05) is 0 Å². The van der Waals surface area contributed by atoms with Crippen molar-refractivity contribution in [2.45, 2.75) is 84.2 Å². The molecule has 0 aromatic rings. The number of hydrogen-bond donors (Lipinski definition) is 1. The van der Waals surface area contributed by atoms with Crippen molar-refractivity contribution in [1.82, 2.24) is 0 Å². The number of nitrogens with zero attached hydrogens (tertiary/aromatic N) is 1. The first-order chi connectivity index (χ1) is 9.54. The molecule has 0 saturated carbocycles. The van der Waals surface area contributed by atoms with Crippen molar-refractivity contribution >= 4 is 11.6 Å². The highest BCUT2D eigenvalue weighted by atomic mass is 35.5. The van der Waals surface area contributed by atoms with Gasteiger partial charge in [-0.25, -0.2) is 0 Å². The van der Waals surface area contributed by atoms with Gasteiger partial charge in [-0.2, -0.15) is 0 Å². The molecule has 0 radical (unpaired) electrons. The fourth-order valence-electron chi connectivity index (χ4n) is 2.82. The topological polar surface area (TPSA) is 20.2 Å². The smallest absolute Gasteiger partial charge is 0.154 e. The molecule has 0 fully saturated rings. The van der Waals surface area contributed by atoms with Gasteiger partial charge >= 0.3 is 0 Å². The van der Waals surface area contributed by atoms with Gasteiger partial charge in [0.25, 0.3) is 0 Å². The zero-order chi connectivity index (χ0) is 15.3. The number of quaternary nitrogens is 1. The molecule has 0 heterocycles. The van der Waals surface area contributed by atoms with E-state index in [0.29, 0.717) is 6.00 Å². The number of alkyl halides is 1. The van der Waals surface area contributed by atoms with Crippen molar-refractivity contribution in [3.8, 4) is 0 Å². The van der Waals surface area contributed by atoms with Crippen LogP contribution >= 0.6 is 11.6 Å². The van der Waals surface area contributed by atoms with E-state index < -0.39 is 0 Å². The molecule has 3 heteroatoms. The third-order valence-electron chi connectivity index (χ3n) is 4.05. The summed E-state index contributed by atoms with van der Waals surface area (Å²) in [5.74, 6) is 0. The van der Waals surface area contributed by atoms with Crippen molar-refractivity contribution in [1.29, 1.82) is 0 Å². The summed E-state index contributed by atoms with van der Waals surface area (Å²) in [6, 6.07) is 0.600. The Morgan fingerprint density at radius 2 is 1.35 bits per heavy atom. The number of rotatable bonds is 14. The van der Waals surface area contributed by atoms with Gasteiger partial charge in [-0.15, -0.1) is 0 Å². The minimum atomic E-state index is -0.262. The van der Waals surface area contributed by atoms with Gasteiger partial charge in [-0.1, -0.05) is 69.9 Å². The number of aliphatic hydroxyl groups is 1. The molecule has 0 rings (SSSR count). The lowest BCUT2D eigenvalue weighted by molar-refractivity contribution is -0.901. The molecule has 122 valence electrons. The average molecular weight is 307 g/mol. The first-order valence-electron chi connectivity index (χ1n) is 8.61. The van der Waals surface area contributed by atoms with Crippen molar-refractivity contribution in [2.75, 3.05) is 26.1 Å². The molecular weight excluding hydrogens is 270 g/mol. The maximum absolute atomic E-state index is 9.51. The van der Waals surface area contributed by atoms with Crippen LogP contribution in [-0.4, -0.2) is 41.8 Å². The van der Waals surface area contributed by atoms with E-state index in [1.165, 1.54) is 64.2 Å². The molecule has 2 atom stereocenters. The maximum atomic E-state index is 9.51. The second-order valence-corrected chi connectivity index (χ2v) is 6.92. The largest absolute Gasteiger partial charge is 0.388 e. The van der Waals surface area contributed by atoms with E-state index in [4.69, 9.17) is 11.6 Å². The van der Waals surface area contributed by atoms with Gasteiger partial charge in [0.15, 0.2) is 6.00 Å². The van der Waals surface area contributed by atoms with E-state index in [1.54, 1.807) is 0 Å². The SMILES string of the molecule is CCCCCCCCCCCC[N+](C)(CCl)CC(C)O. The molecule has 0 aliphatic rings. The van der Waals surface area contributed by atoms with Crippen LogP contribution in [0.15, 0.2) is 0 Å². The van der Waals surface area contributed by atoms with Crippen LogP contribution in [0.4, 0.5) is 0 Å². The molecular formula is C17H37ClNO+. The van der Waals surface area contributed by atoms with Gasteiger partial charge in [0.1, 0.15) is 12.6 Å². The van der Waals surface area contributed by atoms with Crippen molar-refractivity contribution < 1.29 is 9.59 Å². The summed E-state index contributed by atoms with van der Waals surface area (Å²) in [6.07, 6.45) is 13.4. The summed E-state index contributed by atoms with van der Waals surface area (Å²) in [4.78, 5) is 0. The van der Waals surface area contributed by atoms with E-state index in [2.05, 4.69) is 14.0 Å². The van der Waals surface area contributed by atoms with E-state index in [-0.39, 0.29) is 6.10 Å². The molecule has 0 aromatic heterocycles. The van der Waals surface area contributed by atoms with E-state index >= 15 is 0 Å². The van der Waals surface area contributed by atoms with Gasteiger partial charge in [0.05, 0.1) is 13.6 Å². The number of hydrogen-bond acceptors (Lipinski definition) is 1. The van der Waals surface area contributed by atoms with Crippen LogP contribution in [0.3, 0.4) is 0 Å². The summed E-state index contributed by atoms with van der Waals surface area (Å²) in [6.45, 7) is 5.97. The molecule has 2 unspecified atom stereocenters. The second kappa shape index (κ2) is 12.9. The first-order valence-corrected chi connectivity index (χ1v) is 9.15. The molecule has 0 spiro atoms. The molecule has 1 N–H and O–H groups in total. The molecule has 0 aromatic carbocycles. The molecule has 0 aliphatic heterocycles. The Balaban J connectivity index is 3.42. The van der Waals surface area contributed by atoms with Crippen LogP contribution < -0.4 is 0 Å². The van der Waals surface area contributed by atoms with Crippen LogP contribution in [-0.2, 0) is 0 Å². The highest BCUT2D eigenvalue weighted by molar-refractivity contribution is 6.16. The zero-order valence-electron chi connectivity index (χ0n) is 14.0. The van der Waals surface area contributed by atoms with Crippen LogP contribution in [0.2, 0.25) is 0 Å². The Morgan fingerprint density at radius 3 is 1.75 bits per heavy atom. The number of halogens is 1. The van der Waals surface area contributed by atoms with Gasteiger partial charge in [0.2, 0.25) is 0 Å². The van der Waals surface area contributed by atoms with Crippen molar-refractivity contribution in [3.63, 3.8) is 0 Å². The van der Waals surface area contributed by atoms with E-state index in [9.17, 15) is 5.11 Å². The number of aliphatic hydroxyl groups excluding tert-OH is 1. The number of likely N-dealkylation sites (N-methyl/N-ethyl adjacent to an activating group) is 1. The Kier molecular flexibility index (Phi) is 13.0. The molecule has 0 bridgehead atoms. The Morgan fingerprint density at radius 1 is 0.900 bits per heavy atom. The quantitative estimate of drug-likeness (QED) is 0.209. The standard InChI is InChI=1S/C17H37ClNO/c1-4-5-6-7-8-9-10-11-12-13-14-19(3,16-18)15-17(2)20/h17,20H,4-16H2,1-3H3/q+1. The van der Waals surface area contributed by atoms with Crippen LogP contribution in [0.5, 0.6) is 0 Å². The Labute approximate surface area is 132 Å². The minimum Gasteiger partial charge on any atom is -0.388 e. The lowest BCUT2D eigenvalue weighted by Crippen LogP contribution is -2.48. The molecule has 0 saturated heterocycles. The lowest BCUT2D eigenvalue weighted by Gasteiger charge is -2.33. The average Bonchev–Trinajstić information content (AvgIpc) is 2.40. The highest BCUT2D eigenvalue weighted by Gasteiger charge is 2.21. The summed E-state index contributed by atoms with van der Waals surface area (Å²) in [7, 11) is 2.15. The highest BCUT2D eigenvalue weighted by Crippen LogP contribution is 2.13. The van der Waals surface area contributed by atoms with Crippen molar-refractivity contribution in [2.24, 2.45) is 0 Å². The van der Waals surface area contributed by atoms with E-state index in [1.807, 2.05) is 6.92 Å². The summed E-state index contributed by atoms with van der Waals surface area (Å²) >= 11 is 6.04. The minimum absolute atomic E-state index is 0.262. The third-order valence-corrected chi connectivity index (χ3v) is 4.62. The van der Waals surface area contributed by atoms with Crippen LogP contribution in [0.25, 0.3) is 0 Å². The molecule has 2 nitrogen and oxygen atoms in total. The zero-order valence-corrected chi connectivity index (χ0v) is 14.8. The van der Waals surface area contributed by atoms with E-state index in [0.717, 1.165) is 17.6 Å². The first kappa shape index (κ1) is 20.2. The Hall–Kier alpha value is 0.210. The second-order valence-electron chi connectivity index (χ2n) is 6.68.